The van der Waals surface area contributed by atoms with Gasteiger partial charge in [0.15, 0.2) is 5.11 Å². The average Bonchev–Trinajstić information content (AvgIpc) is 3.53. The van der Waals surface area contributed by atoms with E-state index >= 15 is 0 Å². The molecule has 4 aromatic rings. The minimum Gasteiger partial charge on any atom is -0.459 e. The van der Waals surface area contributed by atoms with E-state index in [1.807, 2.05) is 83.8 Å². The van der Waals surface area contributed by atoms with Crippen molar-refractivity contribution in [3.8, 4) is 11.3 Å². The van der Waals surface area contributed by atoms with Crippen LogP contribution in [-0.4, -0.2) is 27.4 Å². The minimum atomic E-state index is -0.265. The van der Waals surface area contributed by atoms with Crippen LogP contribution in [0.1, 0.15) is 42.4 Å². The van der Waals surface area contributed by atoms with E-state index in [9.17, 15) is 4.79 Å². The number of aryl methyl sites for hydroxylation is 1. The van der Waals surface area contributed by atoms with Crippen LogP contribution in [0.15, 0.2) is 89.5 Å². The van der Waals surface area contributed by atoms with Gasteiger partial charge in [-0.2, -0.15) is 0 Å². The number of anilines is 1. The van der Waals surface area contributed by atoms with E-state index in [4.69, 9.17) is 28.2 Å². The fraction of sp³-hybridized carbons (Fsp3) is 0.207. The number of thiocarbonyl (C=S) groups is 1. The zero-order chi connectivity index (χ0) is 25.8. The van der Waals surface area contributed by atoms with Crippen molar-refractivity contribution in [2.24, 2.45) is 0 Å². The zero-order valence-corrected chi connectivity index (χ0v) is 21.9. The monoisotopic (exact) mass is 530 g/mol. The molecule has 2 N–H and O–H groups in total. The van der Waals surface area contributed by atoms with Gasteiger partial charge >= 0.3 is 0 Å². The SMILES string of the molecule is CCc1ccccc1NC(=O)CCN1C(=S)N[C@@H](c2ccccn2)[C@H]1c1ccc(-c2ccc(Cl)cc2)o1. The van der Waals surface area contributed by atoms with Crippen LogP contribution in [0.4, 0.5) is 5.69 Å². The molecule has 37 heavy (non-hydrogen) atoms. The molecule has 2 aromatic heterocycles. The number of pyridine rings is 1. The normalized spacial score (nSPS) is 17.0. The number of carbonyl (C=O) groups excluding carboxylic acids is 1. The van der Waals surface area contributed by atoms with Crippen molar-refractivity contribution < 1.29 is 9.21 Å². The number of amides is 1. The van der Waals surface area contributed by atoms with Crippen LogP contribution >= 0.6 is 23.8 Å². The summed E-state index contributed by atoms with van der Waals surface area (Å²) in [5.41, 5.74) is 3.73. The van der Waals surface area contributed by atoms with Crippen LogP contribution in [0.3, 0.4) is 0 Å². The quantitative estimate of drug-likeness (QED) is 0.251. The number of hydrogen-bond acceptors (Lipinski definition) is 4. The number of rotatable bonds is 8. The van der Waals surface area contributed by atoms with Crippen LogP contribution in [0.5, 0.6) is 0 Å². The van der Waals surface area contributed by atoms with Crippen LogP contribution in [0, 0.1) is 0 Å². The summed E-state index contributed by atoms with van der Waals surface area (Å²) in [7, 11) is 0. The lowest BCUT2D eigenvalue weighted by atomic mass is 10.0. The van der Waals surface area contributed by atoms with Crippen LogP contribution in [0.2, 0.25) is 5.02 Å². The molecule has 5 rings (SSSR count). The highest BCUT2D eigenvalue weighted by Crippen LogP contribution is 2.40. The Labute approximate surface area is 226 Å². The average molecular weight is 531 g/mol. The molecule has 0 unspecified atom stereocenters. The van der Waals surface area contributed by atoms with Gasteiger partial charge in [-0.1, -0.05) is 42.8 Å². The Kier molecular flexibility index (Phi) is 7.53. The van der Waals surface area contributed by atoms with Crippen LogP contribution < -0.4 is 10.6 Å². The van der Waals surface area contributed by atoms with Crippen molar-refractivity contribution in [1.29, 1.82) is 0 Å². The molecule has 1 saturated heterocycles. The molecule has 0 bridgehead atoms. The highest BCUT2D eigenvalue weighted by Gasteiger charge is 2.41. The molecule has 0 aliphatic carbocycles. The van der Waals surface area contributed by atoms with Crippen molar-refractivity contribution in [2.75, 3.05) is 11.9 Å². The molecular formula is C29H27ClN4O2S. The van der Waals surface area contributed by atoms with Gasteiger partial charge < -0.3 is 20.0 Å². The second kappa shape index (κ2) is 11.2. The van der Waals surface area contributed by atoms with Crippen molar-refractivity contribution in [3.63, 3.8) is 0 Å². The Bertz CT molecular complexity index is 1390. The summed E-state index contributed by atoms with van der Waals surface area (Å²) in [4.78, 5) is 19.5. The number of furan rings is 1. The summed E-state index contributed by atoms with van der Waals surface area (Å²) in [6.07, 6.45) is 2.88. The van der Waals surface area contributed by atoms with Gasteiger partial charge in [0.05, 0.1) is 11.7 Å². The van der Waals surface area contributed by atoms with E-state index < -0.39 is 0 Å². The molecule has 8 heteroatoms. The maximum atomic E-state index is 12.9. The van der Waals surface area contributed by atoms with Gasteiger partial charge in [-0.25, -0.2) is 0 Å². The third kappa shape index (κ3) is 5.53. The number of nitrogens with zero attached hydrogens (tertiary/aromatic N) is 2. The van der Waals surface area contributed by atoms with Gasteiger partial charge in [0.25, 0.3) is 0 Å². The number of benzene rings is 2. The Hall–Kier alpha value is -3.68. The Morgan fingerprint density at radius 2 is 1.86 bits per heavy atom. The van der Waals surface area contributed by atoms with Crippen molar-refractivity contribution in [1.82, 2.24) is 15.2 Å². The lowest BCUT2D eigenvalue weighted by Gasteiger charge is -2.26. The number of hydrogen-bond donors (Lipinski definition) is 2. The number of nitrogens with one attached hydrogen (secondary N) is 2. The molecule has 0 saturated carbocycles. The van der Waals surface area contributed by atoms with Gasteiger partial charge in [0.1, 0.15) is 17.6 Å². The second-order valence-electron chi connectivity index (χ2n) is 8.84. The van der Waals surface area contributed by atoms with E-state index in [0.29, 0.717) is 16.7 Å². The molecule has 2 atom stereocenters. The second-order valence-corrected chi connectivity index (χ2v) is 9.66. The van der Waals surface area contributed by atoms with Crippen LogP contribution in [0.25, 0.3) is 11.3 Å². The first kappa shape index (κ1) is 25.0. The maximum absolute atomic E-state index is 12.9. The lowest BCUT2D eigenvalue weighted by Crippen LogP contribution is -2.32. The van der Waals surface area contributed by atoms with Gasteiger partial charge in [-0.05, 0) is 78.8 Å². The van der Waals surface area contributed by atoms with Gasteiger partial charge in [-0.3, -0.25) is 9.78 Å². The summed E-state index contributed by atoms with van der Waals surface area (Å²) < 4.78 is 6.34. The van der Waals surface area contributed by atoms with Crippen molar-refractivity contribution in [2.45, 2.75) is 31.8 Å². The molecule has 6 nitrogen and oxygen atoms in total. The number of halogens is 1. The van der Waals surface area contributed by atoms with E-state index in [-0.39, 0.29) is 24.4 Å². The van der Waals surface area contributed by atoms with Gasteiger partial charge in [0, 0.05) is 35.4 Å². The molecule has 0 spiro atoms. The summed E-state index contributed by atoms with van der Waals surface area (Å²) in [6, 6.07) is 24.6. The topological polar surface area (TPSA) is 70.4 Å². The van der Waals surface area contributed by atoms with Gasteiger partial charge in [-0.15, -0.1) is 0 Å². The van der Waals surface area contributed by atoms with E-state index in [1.54, 1.807) is 6.20 Å². The van der Waals surface area contributed by atoms with Crippen molar-refractivity contribution >= 4 is 40.5 Å². The van der Waals surface area contributed by atoms with Gasteiger partial charge in [0.2, 0.25) is 5.91 Å². The fourth-order valence-corrected chi connectivity index (χ4v) is 5.08. The minimum absolute atomic E-state index is 0.0648. The smallest absolute Gasteiger partial charge is 0.226 e. The fourth-order valence-electron chi connectivity index (χ4n) is 4.62. The first-order chi connectivity index (χ1) is 18.0. The van der Waals surface area contributed by atoms with E-state index in [0.717, 1.165) is 40.4 Å². The highest BCUT2D eigenvalue weighted by atomic mass is 35.5. The Morgan fingerprint density at radius 1 is 1.08 bits per heavy atom. The molecule has 2 aromatic carbocycles. The lowest BCUT2D eigenvalue weighted by molar-refractivity contribution is -0.116. The molecular weight excluding hydrogens is 504 g/mol. The summed E-state index contributed by atoms with van der Waals surface area (Å²) in [6.45, 7) is 2.50. The Morgan fingerprint density at radius 3 is 2.62 bits per heavy atom. The third-order valence-corrected chi connectivity index (χ3v) is 7.10. The van der Waals surface area contributed by atoms with Crippen molar-refractivity contribution in [3.05, 3.63) is 107 Å². The summed E-state index contributed by atoms with van der Waals surface area (Å²) in [5, 5.41) is 7.69. The molecule has 0 radical (unpaired) electrons. The predicted octanol–water partition coefficient (Wildman–Crippen LogP) is 6.56. The molecule has 1 aliphatic rings. The summed E-state index contributed by atoms with van der Waals surface area (Å²) in [5.74, 6) is 1.41. The van der Waals surface area contributed by atoms with E-state index in [1.165, 1.54) is 0 Å². The highest BCUT2D eigenvalue weighted by molar-refractivity contribution is 7.80. The molecule has 1 amide bonds. The van der Waals surface area contributed by atoms with Crippen LogP contribution in [-0.2, 0) is 11.2 Å². The number of carbonyl (C=O) groups is 1. The zero-order valence-electron chi connectivity index (χ0n) is 20.4. The standard InChI is InChI=1S/C29H27ClN4O2S/c1-2-19-7-3-4-8-22(19)32-26(35)16-18-34-28(27(33-29(34)37)23-9-5-6-17-31-23)25-15-14-24(36-25)20-10-12-21(30)13-11-20/h3-15,17,27-28H,2,16,18H2,1H3,(H,32,35)(H,33,37)/t27-,28+/m0/s1. The largest absolute Gasteiger partial charge is 0.459 e. The molecule has 1 aliphatic heterocycles. The molecule has 188 valence electrons. The Balaban J connectivity index is 1.39. The predicted molar refractivity (Wildman–Crippen MR) is 150 cm³/mol. The first-order valence-corrected chi connectivity index (χ1v) is 13.0. The maximum Gasteiger partial charge on any atom is 0.226 e. The number of aromatic nitrogens is 1. The molecule has 3 heterocycles. The number of para-hydroxylation sites is 1. The summed E-state index contributed by atoms with van der Waals surface area (Å²) >= 11 is 11.8. The van der Waals surface area contributed by atoms with E-state index in [2.05, 4.69) is 22.5 Å². The first-order valence-electron chi connectivity index (χ1n) is 12.2. The molecule has 1 fully saturated rings. The third-order valence-electron chi connectivity index (χ3n) is 6.50.